The molecule has 0 aromatic rings. The van der Waals surface area contributed by atoms with Gasteiger partial charge < -0.3 is 0 Å². The molecule has 0 radical (unpaired) electrons. The van der Waals surface area contributed by atoms with Gasteiger partial charge in [0.05, 0.1) is 0 Å². The average Bonchev–Trinajstić information content (AvgIpc) is 1.83. The van der Waals surface area contributed by atoms with Crippen molar-refractivity contribution >= 4 is 27.4 Å². The van der Waals surface area contributed by atoms with Crippen molar-refractivity contribution in [2.24, 2.45) is 4.99 Å². The summed E-state index contributed by atoms with van der Waals surface area (Å²) in [5.74, 6) is 0. The highest BCUT2D eigenvalue weighted by molar-refractivity contribution is 8.00. The van der Waals surface area contributed by atoms with E-state index >= 15 is 0 Å². The van der Waals surface area contributed by atoms with Crippen LogP contribution in [0, 0.1) is 0 Å². The van der Waals surface area contributed by atoms with Crippen LogP contribution in [-0.4, -0.2) is 29.6 Å². The van der Waals surface area contributed by atoms with Gasteiger partial charge in [-0.1, -0.05) is 0 Å². The fraction of sp³-hybridized carbons (Fsp3) is 0.800. The Bertz CT molecular complexity index is 242. The molecule has 11 heavy (non-hydrogen) atoms. The van der Waals surface area contributed by atoms with Gasteiger partial charge in [0.15, 0.2) is 0 Å². The van der Waals surface area contributed by atoms with Crippen LogP contribution in [-0.2, 0) is 10.1 Å². The molecule has 1 N–H and O–H groups in total. The molecule has 0 fully saturated rings. The van der Waals surface area contributed by atoms with Crippen LogP contribution >= 0.6 is 11.8 Å². The standard InChI is InChI=1S/C5H11NO3S2/c1-5(2,10-3)6-4-11(7,8)9/h4H,1-3H3,(H,7,8,9). The van der Waals surface area contributed by atoms with Gasteiger partial charge >= 0.3 is 10.1 Å². The number of rotatable bonds is 3. The van der Waals surface area contributed by atoms with E-state index in [4.69, 9.17) is 4.55 Å². The van der Waals surface area contributed by atoms with Crippen molar-refractivity contribution in [1.29, 1.82) is 0 Å². The van der Waals surface area contributed by atoms with Gasteiger partial charge in [-0.3, -0.25) is 9.55 Å². The van der Waals surface area contributed by atoms with E-state index in [0.717, 1.165) is 0 Å². The second-order valence-electron chi connectivity index (χ2n) is 2.40. The molecule has 4 nitrogen and oxygen atoms in total. The molecule has 6 heteroatoms. The first-order valence-electron chi connectivity index (χ1n) is 2.85. The minimum Gasteiger partial charge on any atom is -0.281 e. The normalized spacial score (nSPS) is 14.2. The average molecular weight is 197 g/mol. The third kappa shape index (κ3) is 6.33. The molecule has 0 saturated heterocycles. The van der Waals surface area contributed by atoms with E-state index in [1.165, 1.54) is 11.8 Å². The predicted octanol–water partition coefficient (Wildman–Crippen LogP) is 1.00. The summed E-state index contributed by atoms with van der Waals surface area (Å²) in [7, 11) is -4.07. The van der Waals surface area contributed by atoms with Crippen molar-refractivity contribution in [2.45, 2.75) is 18.7 Å². The third-order valence-electron chi connectivity index (χ3n) is 0.996. The topological polar surface area (TPSA) is 66.7 Å². The van der Waals surface area contributed by atoms with E-state index in [1.54, 1.807) is 20.1 Å². The van der Waals surface area contributed by atoms with E-state index in [1.807, 2.05) is 0 Å². The van der Waals surface area contributed by atoms with Crippen LogP contribution < -0.4 is 0 Å². The molecule has 0 amide bonds. The lowest BCUT2D eigenvalue weighted by atomic mass is 10.4. The van der Waals surface area contributed by atoms with Gasteiger partial charge in [0.1, 0.15) is 10.4 Å². The van der Waals surface area contributed by atoms with Gasteiger partial charge in [-0.25, -0.2) is 0 Å². The molecule has 0 aromatic carbocycles. The van der Waals surface area contributed by atoms with E-state index < -0.39 is 15.0 Å². The van der Waals surface area contributed by atoms with Crippen LogP contribution in [0.25, 0.3) is 0 Å². The maximum atomic E-state index is 10.2. The van der Waals surface area contributed by atoms with Crippen molar-refractivity contribution in [3.05, 3.63) is 0 Å². The van der Waals surface area contributed by atoms with Crippen molar-refractivity contribution in [2.75, 3.05) is 6.26 Å². The molecule has 66 valence electrons. The summed E-state index contributed by atoms with van der Waals surface area (Å²) in [5.41, 5.74) is 0.559. The summed E-state index contributed by atoms with van der Waals surface area (Å²) in [6.45, 7) is 3.50. The van der Waals surface area contributed by atoms with Crippen LogP contribution in [0.3, 0.4) is 0 Å². The Morgan fingerprint density at radius 3 is 2.27 bits per heavy atom. The molecule has 0 bridgehead atoms. The summed E-state index contributed by atoms with van der Waals surface area (Å²) in [4.78, 5) is 3.14. The van der Waals surface area contributed by atoms with Gasteiger partial charge in [-0.15, -0.1) is 11.8 Å². The van der Waals surface area contributed by atoms with E-state index in [2.05, 4.69) is 4.99 Å². The Morgan fingerprint density at radius 2 is 2.00 bits per heavy atom. The molecule has 0 rings (SSSR count). The maximum absolute atomic E-state index is 10.2. The zero-order valence-electron chi connectivity index (χ0n) is 6.60. The Morgan fingerprint density at radius 1 is 1.55 bits per heavy atom. The molecule has 0 aliphatic carbocycles. The number of hydrogen-bond acceptors (Lipinski definition) is 4. The highest BCUT2D eigenvalue weighted by Gasteiger charge is 2.13. The molecular formula is C5H11NO3S2. The first kappa shape index (κ1) is 10.9. The predicted molar refractivity (Wildman–Crippen MR) is 47.6 cm³/mol. The van der Waals surface area contributed by atoms with Crippen molar-refractivity contribution < 1.29 is 13.0 Å². The number of thioether (sulfide) groups is 1. The molecular weight excluding hydrogens is 186 g/mol. The second kappa shape index (κ2) is 3.55. The largest absolute Gasteiger partial charge is 0.304 e. The SMILES string of the molecule is CSC(C)(C)N=CS(=O)(=O)O. The quantitative estimate of drug-likeness (QED) is 0.416. The number of aliphatic imine (C=N–C) groups is 1. The zero-order valence-corrected chi connectivity index (χ0v) is 8.24. The number of hydrogen-bond donors (Lipinski definition) is 1. The second-order valence-corrected chi connectivity index (χ2v) is 5.05. The molecule has 0 saturated carbocycles. The number of nitrogens with zero attached hydrogens (tertiary/aromatic N) is 1. The lowest BCUT2D eigenvalue weighted by Crippen LogP contribution is -2.12. The smallest absolute Gasteiger partial charge is 0.281 e. The minimum atomic E-state index is -4.07. The molecule has 0 heterocycles. The summed E-state index contributed by atoms with van der Waals surface area (Å²) in [5, 5.41) is 0. The van der Waals surface area contributed by atoms with Crippen molar-refractivity contribution in [3.8, 4) is 0 Å². The van der Waals surface area contributed by atoms with E-state index in [0.29, 0.717) is 5.55 Å². The van der Waals surface area contributed by atoms with Crippen LogP contribution in [0.4, 0.5) is 0 Å². The van der Waals surface area contributed by atoms with E-state index in [-0.39, 0.29) is 0 Å². The monoisotopic (exact) mass is 197 g/mol. The van der Waals surface area contributed by atoms with Crippen LogP contribution in [0.5, 0.6) is 0 Å². The summed E-state index contributed by atoms with van der Waals surface area (Å²) >= 11 is 1.39. The molecule has 0 aromatic heterocycles. The highest BCUT2D eigenvalue weighted by atomic mass is 32.2. The van der Waals surface area contributed by atoms with Gasteiger partial charge in [0, 0.05) is 0 Å². The molecule has 0 unspecified atom stereocenters. The third-order valence-corrected chi connectivity index (χ3v) is 2.47. The van der Waals surface area contributed by atoms with Crippen LogP contribution in [0.2, 0.25) is 0 Å². The Balaban J connectivity index is 4.37. The first-order valence-corrected chi connectivity index (χ1v) is 5.57. The zero-order chi connectivity index (χ0) is 9.12. The Labute approximate surface area is 70.8 Å². The van der Waals surface area contributed by atoms with Gasteiger partial charge in [0.25, 0.3) is 0 Å². The van der Waals surface area contributed by atoms with Gasteiger partial charge in [-0.05, 0) is 20.1 Å². The summed E-state index contributed by atoms with van der Waals surface area (Å²) in [6.07, 6.45) is 1.81. The maximum Gasteiger partial charge on any atom is 0.304 e. The molecule has 0 aliphatic heterocycles. The van der Waals surface area contributed by atoms with Crippen LogP contribution in [0.15, 0.2) is 4.99 Å². The fourth-order valence-corrected chi connectivity index (χ4v) is 0.868. The lowest BCUT2D eigenvalue weighted by Gasteiger charge is -2.14. The lowest BCUT2D eigenvalue weighted by molar-refractivity contribution is 0.499. The van der Waals surface area contributed by atoms with E-state index in [9.17, 15) is 8.42 Å². The fourth-order valence-electron chi connectivity index (χ4n) is 0.246. The first-order chi connectivity index (χ1) is 4.77. The van der Waals surface area contributed by atoms with Crippen molar-refractivity contribution in [1.82, 2.24) is 0 Å². The summed E-state index contributed by atoms with van der Waals surface area (Å²) in [6, 6.07) is 0. The highest BCUT2D eigenvalue weighted by Crippen LogP contribution is 2.21. The summed E-state index contributed by atoms with van der Waals surface area (Å²) < 4.78 is 28.7. The van der Waals surface area contributed by atoms with Crippen LogP contribution in [0.1, 0.15) is 13.8 Å². The molecule has 0 atom stereocenters. The molecule has 0 aliphatic rings. The van der Waals surface area contributed by atoms with Gasteiger partial charge in [0.2, 0.25) is 0 Å². The molecule has 0 spiro atoms. The van der Waals surface area contributed by atoms with Gasteiger partial charge in [-0.2, -0.15) is 8.42 Å². The Kier molecular flexibility index (Phi) is 3.53. The van der Waals surface area contributed by atoms with Crippen molar-refractivity contribution in [3.63, 3.8) is 0 Å². The Hall–Kier alpha value is -0.0700. The minimum absolute atomic E-state index is 0.504.